The number of methoxy groups -OCH3 is 1. The van der Waals surface area contributed by atoms with Crippen molar-refractivity contribution in [1.82, 2.24) is 9.78 Å². The van der Waals surface area contributed by atoms with Gasteiger partial charge in [-0.3, -0.25) is 4.68 Å². The molecule has 0 amide bonds. The average Bonchev–Trinajstić information content (AvgIpc) is 2.54. The first-order valence-corrected chi connectivity index (χ1v) is 5.55. The Bertz CT molecular complexity index is 563. The molecule has 2 N–H and O–H groups in total. The van der Waals surface area contributed by atoms with Crippen LogP contribution < -0.4 is 10.5 Å². The minimum atomic E-state index is 0.604. The Kier molecular flexibility index (Phi) is 2.98. The second-order valence-corrected chi connectivity index (χ2v) is 4.22. The molecule has 1 heterocycles. The Morgan fingerprint density at radius 3 is 2.59 bits per heavy atom. The Morgan fingerprint density at radius 1 is 1.41 bits per heavy atom. The van der Waals surface area contributed by atoms with Gasteiger partial charge in [-0.2, -0.15) is 5.10 Å². The quantitative estimate of drug-likeness (QED) is 0.893. The number of nitrogens with zero attached hydrogens (tertiary/aromatic N) is 2. The van der Waals surface area contributed by atoms with Crippen LogP contribution in [-0.2, 0) is 7.05 Å². The molecular formula is C12H14ClN3O. The molecular weight excluding hydrogens is 238 g/mol. The summed E-state index contributed by atoms with van der Waals surface area (Å²) in [7, 11) is 3.41. The molecule has 1 aromatic heterocycles. The van der Waals surface area contributed by atoms with Gasteiger partial charge in [0, 0.05) is 18.2 Å². The van der Waals surface area contributed by atoms with Crippen molar-refractivity contribution in [3.05, 3.63) is 28.9 Å². The smallest absolute Gasteiger partial charge is 0.129 e. The van der Waals surface area contributed by atoms with Crippen LogP contribution in [0.2, 0.25) is 5.02 Å². The number of nitrogens with two attached hydrogens (primary N) is 1. The van der Waals surface area contributed by atoms with Gasteiger partial charge in [-0.1, -0.05) is 11.6 Å². The van der Waals surface area contributed by atoms with E-state index in [1.807, 2.05) is 26.1 Å². The number of anilines is 1. The predicted octanol–water partition coefficient (Wildman–Crippen LogP) is 2.64. The minimum Gasteiger partial charge on any atom is -0.497 e. The molecule has 0 saturated carbocycles. The third-order valence-electron chi connectivity index (χ3n) is 2.71. The number of ether oxygens (including phenoxy) is 1. The van der Waals surface area contributed by atoms with Gasteiger partial charge in [0.25, 0.3) is 0 Å². The summed E-state index contributed by atoms with van der Waals surface area (Å²) >= 11 is 6.22. The number of halogens is 1. The van der Waals surface area contributed by atoms with Crippen molar-refractivity contribution in [2.45, 2.75) is 6.92 Å². The molecule has 0 bridgehead atoms. The molecule has 5 heteroatoms. The van der Waals surface area contributed by atoms with Gasteiger partial charge in [-0.05, 0) is 25.1 Å². The van der Waals surface area contributed by atoms with Crippen LogP contribution in [0.3, 0.4) is 0 Å². The van der Waals surface area contributed by atoms with Gasteiger partial charge in [0.15, 0.2) is 0 Å². The van der Waals surface area contributed by atoms with Crippen LogP contribution in [-0.4, -0.2) is 16.9 Å². The van der Waals surface area contributed by atoms with E-state index < -0.39 is 0 Å². The molecule has 4 nitrogen and oxygen atoms in total. The van der Waals surface area contributed by atoms with Crippen LogP contribution in [0.1, 0.15) is 5.69 Å². The number of aryl methyl sites for hydroxylation is 2. The molecule has 0 unspecified atom stereocenters. The van der Waals surface area contributed by atoms with Crippen LogP contribution in [0.5, 0.6) is 5.75 Å². The zero-order chi connectivity index (χ0) is 12.6. The average molecular weight is 252 g/mol. The number of hydrogen-bond acceptors (Lipinski definition) is 3. The second-order valence-electron chi connectivity index (χ2n) is 3.82. The first-order valence-electron chi connectivity index (χ1n) is 5.17. The summed E-state index contributed by atoms with van der Waals surface area (Å²) in [5.74, 6) is 1.33. The Morgan fingerprint density at radius 2 is 2.12 bits per heavy atom. The van der Waals surface area contributed by atoms with Crippen molar-refractivity contribution >= 4 is 17.4 Å². The summed E-state index contributed by atoms with van der Waals surface area (Å²) in [4.78, 5) is 0. The molecule has 0 atom stereocenters. The fourth-order valence-corrected chi connectivity index (χ4v) is 2.10. The topological polar surface area (TPSA) is 53.1 Å². The van der Waals surface area contributed by atoms with Crippen LogP contribution in [0.15, 0.2) is 18.2 Å². The molecule has 17 heavy (non-hydrogen) atoms. The third-order valence-corrected chi connectivity index (χ3v) is 3.02. The largest absolute Gasteiger partial charge is 0.497 e. The summed E-state index contributed by atoms with van der Waals surface area (Å²) in [6.45, 7) is 1.91. The maximum Gasteiger partial charge on any atom is 0.129 e. The minimum absolute atomic E-state index is 0.604. The standard InChI is InChI=1S/C12H14ClN3O/c1-7-11(12(14)16(2)15-7)9-5-4-8(17-3)6-10(9)13/h4-6H,14H2,1-3H3. The van der Waals surface area contributed by atoms with E-state index in [-0.39, 0.29) is 0 Å². The molecule has 2 rings (SSSR count). The van der Waals surface area contributed by atoms with Gasteiger partial charge in [0.2, 0.25) is 0 Å². The van der Waals surface area contributed by atoms with E-state index in [9.17, 15) is 0 Å². The summed E-state index contributed by atoms with van der Waals surface area (Å²) in [6.07, 6.45) is 0. The first kappa shape index (κ1) is 11.8. The molecule has 90 valence electrons. The molecule has 0 aliphatic heterocycles. The van der Waals surface area contributed by atoms with E-state index in [4.69, 9.17) is 22.1 Å². The van der Waals surface area contributed by atoms with E-state index in [2.05, 4.69) is 5.10 Å². The maximum absolute atomic E-state index is 6.22. The van der Waals surface area contributed by atoms with Gasteiger partial charge < -0.3 is 10.5 Å². The van der Waals surface area contributed by atoms with Gasteiger partial charge in [0.1, 0.15) is 11.6 Å². The van der Waals surface area contributed by atoms with Crippen molar-refractivity contribution in [2.24, 2.45) is 7.05 Å². The SMILES string of the molecule is COc1ccc(-c2c(C)nn(C)c2N)c(Cl)c1. The number of benzene rings is 1. The molecule has 0 spiro atoms. The van der Waals surface area contributed by atoms with Crippen molar-refractivity contribution in [3.8, 4) is 16.9 Å². The highest BCUT2D eigenvalue weighted by Gasteiger charge is 2.15. The number of hydrogen-bond donors (Lipinski definition) is 1. The van der Waals surface area contributed by atoms with Crippen molar-refractivity contribution in [2.75, 3.05) is 12.8 Å². The molecule has 0 saturated heterocycles. The normalized spacial score (nSPS) is 10.6. The first-order chi connectivity index (χ1) is 8.04. The van der Waals surface area contributed by atoms with E-state index in [1.54, 1.807) is 17.9 Å². The molecule has 0 aliphatic rings. The van der Waals surface area contributed by atoms with Crippen molar-refractivity contribution < 1.29 is 4.74 Å². The van der Waals surface area contributed by atoms with Crippen molar-refractivity contribution in [3.63, 3.8) is 0 Å². The highest BCUT2D eigenvalue weighted by Crippen LogP contribution is 2.36. The van der Waals surface area contributed by atoms with Crippen LogP contribution in [0.25, 0.3) is 11.1 Å². The molecule has 1 aromatic carbocycles. The van der Waals surface area contributed by atoms with Crippen LogP contribution >= 0.6 is 11.6 Å². The van der Waals surface area contributed by atoms with E-state index in [0.717, 1.165) is 22.6 Å². The van der Waals surface area contributed by atoms with E-state index >= 15 is 0 Å². The summed E-state index contributed by atoms with van der Waals surface area (Å²) in [5, 5.41) is 4.88. The summed E-state index contributed by atoms with van der Waals surface area (Å²) in [6, 6.07) is 5.51. The Balaban J connectivity index is 2.60. The van der Waals surface area contributed by atoms with Crippen molar-refractivity contribution in [1.29, 1.82) is 0 Å². The van der Waals surface area contributed by atoms with Gasteiger partial charge >= 0.3 is 0 Å². The second kappa shape index (κ2) is 4.30. The number of rotatable bonds is 2. The third kappa shape index (κ3) is 1.96. The van der Waals surface area contributed by atoms with Gasteiger partial charge in [-0.15, -0.1) is 0 Å². The molecule has 0 fully saturated rings. The van der Waals surface area contributed by atoms with E-state index in [0.29, 0.717) is 10.8 Å². The molecule has 2 aromatic rings. The van der Waals surface area contributed by atoms with E-state index in [1.165, 1.54) is 0 Å². The van der Waals surface area contributed by atoms with Crippen LogP contribution in [0.4, 0.5) is 5.82 Å². The lowest BCUT2D eigenvalue weighted by Crippen LogP contribution is -1.98. The molecule has 0 aliphatic carbocycles. The van der Waals surface area contributed by atoms with Crippen LogP contribution in [0, 0.1) is 6.92 Å². The fraction of sp³-hybridized carbons (Fsp3) is 0.250. The van der Waals surface area contributed by atoms with Gasteiger partial charge in [0.05, 0.1) is 17.8 Å². The zero-order valence-corrected chi connectivity index (χ0v) is 10.7. The Hall–Kier alpha value is -1.68. The monoisotopic (exact) mass is 251 g/mol. The maximum atomic E-state index is 6.22. The highest BCUT2D eigenvalue weighted by molar-refractivity contribution is 6.33. The summed E-state index contributed by atoms with van der Waals surface area (Å²) in [5.41, 5.74) is 8.59. The fourth-order valence-electron chi connectivity index (χ4n) is 1.83. The lowest BCUT2D eigenvalue weighted by Gasteiger charge is -2.07. The predicted molar refractivity (Wildman–Crippen MR) is 69.4 cm³/mol. The zero-order valence-electron chi connectivity index (χ0n) is 9.99. The lowest BCUT2D eigenvalue weighted by atomic mass is 10.1. The lowest BCUT2D eigenvalue weighted by molar-refractivity contribution is 0.415. The molecule has 0 radical (unpaired) electrons. The summed E-state index contributed by atoms with van der Waals surface area (Å²) < 4.78 is 6.76. The number of nitrogen functional groups attached to an aromatic ring is 1. The number of aromatic nitrogens is 2. The highest BCUT2D eigenvalue weighted by atomic mass is 35.5. The van der Waals surface area contributed by atoms with Gasteiger partial charge in [-0.25, -0.2) is 0 Å². The Labute approximate surface area is 105 Å².